The standard InChI is InChI=1S/C18H19Cl2NO3/c1-2-23-16-5-7-17(8-6-16)24-9-3-4-18(22)21-15-11-13(19)10-14(20)12-15/h5-8,10-12H,2-4,9H2,1H3,(H,21,22). The van der Waals surface area contributed by atoms with Crippen molar-refractivity contribution in [2.45, 2.75) is 19.8 Å². The molecule has 0 fully saturated rings. The molecule has 0 atom stereocenters. The molecule has 0 unspecified atom stereocenters. The molecule has 128 valence electrons. The van der Waals surface area contributed by atoms with Crippen LogP contribution in [0.2, 0.25) is 10.0 Å². The summed E-state index contributed by atoms with van der Waals surface area (Å²) >= 11 is 11.8. The van der Waals surface area contributed by atoms with Crippen molar-refractivity contribution in [1.82, 2.24) is 0 Å². The molecule has 0 aromatic heterocycles. The zero-order chi connectivity index (χ0) is 17.4. The molecule has 24 heavy (non-hydrogen) atoms. The molecule has 2 aromatic rings. The molecule has 6 heteroatoms. The quantitative estimate of drug-likeness (QED) is 0.653. The summed E-state index contributed by atoms with van der Waals surface area (Å²) in [4.78, 5) is 11.9. The smallest absolute Gasteiger partial charge is 0.224 e. The van der Waals surface area contributed by atoms with Crippen molar-refractivity contribution in [2.24, 2.45) is 0 Å². The van der Waals surface area contributed by atoms with Gasteiger partial charge in [0.25, 0.3) is 0 Å². The predicted octanol–water partition coefficient (Wildman–Crippen LogP) is 5.19. The van der Waals surface area contributed by atoms with Gasteiger partial charge in [-0.1, -0.05) is 23.2 Å². The average Bonchev–Trinajstić information content (AvgIpc) is 2.52. The molecule has 0 saturated carbocycles. The summed E-state index contributed by atoms with van der Waals surface area (Å²) in [6, 6.07) is 12.3. The van der Waals surface area contributed by atoms with Crippen molar-refractivity contribution in [2.75, 3.05) is 18.5 Å². The predicted molar refractivity (Wildman–Crippen MR) is 97.4 cm³/mol. The molecule has 0 aliphatic carbocycles. The molecule has 0 spiro atoms. The second-order valence-electron chi connectivity index (χ2n) is 5.06. The number of rotatable bonds is 8. The molecule has 0 aliphatic heterocycles. The van der Waals surface area contributed by atoms with Crippen LogP contribution in [0, 0.1) is 0 Å². The Balaban J connectivity index is 1.70. The zero-order valence-corrected chi connectivity index (χ0v) is 14.9. The minimum absolute atomic E-state index is 0.108. The molecule has 0 saturated heterocycles. The molecule has 0 bridgehead atoms. The summed E-state index contributed by atoms with van der Waals surface area (Å²) < 4.78 is 11.0. The van der Waals surface area contributed by atoms with E-state index in [9.17, 15) is 4.79 Å². The minimum Gasteiger partial charge on any atom is -0.494 e. The number of ether oxygens (including phenoxy) is 2. The number of anilines is 1. The lowest BCUT2D eigenvalue weighted by Gasteiger charge is -2.08. The lowest BCUT2D eigenvalue weighted by molar-refractivity contribution is -0.116. The Labute approximate surface area is 151 Å². The van der Waals surface area contributed by atoms with E-state index >= 15 is 0 Å². The molecule has 2 aromatic carbocycles. The highest BCUT2D eigenvalue weighted by atomic mass is 35.5. The fourth-order valence-corrected chi connectivity index (χ4v) is 2.60. The van der Waals surface area contributed by atoms with Crippen molar-refractivity contribution in [3.8, 4) is 11.5 Å². The van der Waals surface area contributed by atoms with Gasteiger partial charge in [-0.05, 0) is 55.8 Å². The third-order valence-corrected chi connectivity index (χ3v) is 3.53. The molecule has 1 amide bonds. The summed E-state index contributed by atoms with van der Waals surface area (Å²) in [6.07, 6.45) is 0.953. The van der Waals surface area contributed by atoms with E-state index in [0.29, 0.717) is 41.8 Å². The Morgan fingerprint density at radius 1 is 1.00 bits per heavy atom. The number of amides is 1. The van der Waals surface area contributed by atoms with Gasteiger partial charge in [0.2, 0.25) is 5.91 Å². The summed E-state index contributed by atoms with van der Waals surface area (Å²) in [7, 11) is 0. The lowest BCUT2D eigenvalue weighted by atomic mass is 10.2. The third-order valence-electron chi connectivity index (χ3n) is 3.10. The van der Waals surface area contributed by atoms with Crippen molar-refractivity contribution in [3.05, 3.63) is 52.5 Å². The normalized spacial score (nSPS) is 10.3. The van der Waals surface area contributed by atoms with Crippen molar-refractivity contribution in [3.63, 3.8) is 0 Å². The number of benzene rings is 2. The number of halogens is 2. The molecule has 0 aliphatic rings. The second-order valence-corrected chi connectivity index (χ2v) is 5.94. The monoisotopic (exact) mass is 367 g/mol. The molecule has 2 rings (SSSR count). The summed E-state index contributed by atoms with van der Waals surface area (Å²) in [5.74, 6) is 1.45. The van der Waals surface area contributed by atoms with Crippen molar-refractivity contribution < 1.29 is 14.3 Å². The number of carbonyl (C=O) groups is 1. The Morgan fingerprint density at radius 3 is 2.17 bits per heavy atom. The van der Waals surface area contributed by atoms with Crippen LogP contribution < -0.4 is 14.8 Å². The summed E-state index contributed by atoms with van der Waals surface area (Å²) in [5.41, 5.74) is 0.588. The van der Waals surface area contributed by atoms with Gasteiger partial charge in [-0.15, -0.1) is 0 Å². The maximum absolute atomic E-state index is 11.9. The first kappa shape index (κ1) is 18.4. The maximum Gasteiger partial charge on any atom is 0.224 e. The second kappa shape index (κ2) is 9.40. The van der Waals surface area contributed by atoms with E-state index in [4.69, 9.17) is 32.7 Å². The largest absolute Gasteiger partial charge is 0.494 e. The van der Waals surface area contributed by atoms with E-state index in [2.05, 4.69) is 5.32 Å². The summed E-state index contributed by atoms with van der Waals surface area (Å²) in [5, 5.41) is 3.73. The highest BCUT2D eigenvalue weighted by Gasteiger charge is 2.05. The average molecular weight is 368 g/mol. The van der Waals surface area contributed by atoms with Gasteiger partial charge in [0.1, 0.15) is 11.5 Å². The SMILES string of the molecule is CCOc1ccc(OCCCC(=O)Nc2cc(Cl)cc(Cl)c2)cc1. The number of hydrogen-bond acceptors (Lipinski definition) is 3. The van der Waals surface area contributed by atoms with E-state index in [0.717, 1.165) is 11.5 Å². The minimum atomic E-state index is -0.108. The van der Waals surface area contributed by atoms with Gasteiger partial charge in [0.15, 0.2) is 0 Å². The van der Waals surface area contributed by atoms with Gasteiger partial charge in [0, 0.05) is 22.2 Å². The molecular weight excluding hydrogens is 349 g/mol. The Hall–Kier alpha value is -1.91. The van der Waals surface area contributed by atoms with Crippen LogP contribution in [-0.4, -0.2) is 19.1 Å². The van der Waals surface area contributed by atoms with Gasteiger partial charge in [-0.2, -0.15) is 0 Å². The number of hydrogen-bond donors (Lipinski definition) is 1. The van der Waals surface area contributed by atoms with Crippen LogP contribution in [0.5, 0.6) is 11.5 Å². The first-order valence-corrected chi connectivity index (χ1v) is 8.44. The molecular formula is C18H19Cl2NO3. The highest BCUT2D eigenvalue weighted by molar-refractivity contribution is 6.35. The molecule has 0 heterocycles. The van der Waals surface area contributed by atoms with E-state index in [-0.39, 0.29) is 5.91 Å². The van der Waals surface area contributed by atoms with E-state index < -0.39 is 0 Å². The van der Waals surface area contributed by atoms with Gasteiger partial charge < -0.3 is 14.8 Å². The van der Waals surface area contributed by atoms with Crippen LogP contribution >= 0.6 is 23.2 Å². The Kier molecular flexibility index (Phi) is 7.22. The first-order chi connectivity index (χ1) is 11.6. The Bertz CT molecular complexity index is 654. The Morgan fingerprint density at radius 2 is 1.58 bits per heavy atom. The van der Waals surface area contributed by atoms with Crippen LogP contribution in [-0.2, 0) is 4.79 Å². The highest BCUT2D eigenvalue weighted by Crippen LogP contribution is 2.22. The summed E-state index contributed by atoms with van der Waals surface area (Å²) in [6.45, 7) is 3.03. The van der Waals surface area contributed by atoms with Crippen LogP contribution in [0.15, 0.2) is 42.5 Å². The fourth-order valence-electron chi connectivity index (χ4n) is 2.07. The van der Waals surface area contributed by atoms with Crippen molar-refractivity contribution in [1.29, 1.82) is 0 Å². The van der Waals surface area contributed by atoms with Gasteiger partial charge >= 0.3 is 0 Å². The van der Waals surface area contributed by atoms with Gasteiger partial charge in [-0.25, -0.2) is 0 Å². The fraction of sp³-hybridized carbons (Fsp3) is 0.278. The lowest BCUT2D eigenvalue weighted by Crippen LogP contribution is -2.12. The van der Waals surface area contributed by atoms with E-state index in [1.165, 1.54) is 0 Å². The first-order valence-electron chi connectivity index (χ1n) is 7.68. The van der Waals surface area contributed by atoms with Crippen LogP contribution in [0.4, 0.5) is 5.69 Å². The number of carbonyl (C=O) groups excluding carboxylic acids is 1. The molecule has 1 N–H and O–H groups in total. The van der Waals surface area contributed by atoms with E-state index in [1.807, 2.05) is 31.2 Å². The molecule has 4 nitrogen and oxygen atoms in total. The maximum atomic E-state index is 11.9. The van der Waals surface area contributed by atoms with Gasteiger partial charge in [0.05, 0.1) is 13.2 Å². The molecule has 0 radical (unpaired) electrons. The zero-order valence-electron chi connectivity index (χ0n) is 13.4. The van der Waals surface area contributed by atoms with E-state index in [1.54, 1.807) is 18.2 Å². The van der Waals surface area contributed by atoms with Crippen LogP contribution in [0.25, 0.3) is 0 Å². The number of nitrogens with one attached hydrogen (secondary N) is 1. The van der Waals surface area contributed by atoms with Crippen molar-refractivity contribution >= 4 is 34.8 Å². The van der Waals surface area contributed by atoms with Crippen LogP contribution in [0.3, 0.4) is 0 Å². The van der Waals surface area contributed by atoms with Gasteiger partial charge in [-0.3, -0.25) is 4.79 Å². The third kappa shape index (κ3) is 6.30. The topological polar surface area (TPSA) is 47.6 Å². The van der Waals surface area contributed by atoms with Crippen LogP contribution in [0.1, 0.15) is 19.8 Å².